The van der Waals surface area contributed by atoms with Crippen molar-refractivity contribution in [1.29, 1.82) is 0 Å². The normalized spacial score (nSPS) is 14.7. The number of nitrogens with zero attached hydrogens (tertiary/aromatic N) is 1. The molecule has 0 bridgehead atoms. The Morgan fingerprint density at radius 1 is 1.26 bits per heavy atom. The lowest BCUT2D eigenvalue weighted by atomic mass is 9.88. The number of carbonyl (C=O) groups is 1. The number of aromatic nitrogens is 1. The Labute approximate surface area is 139 Å². The highest BCUT2D eigenvalue weighted by Gasteiger charge is 2.30. The summed E-state index contributed by atoms with van der Waals surface area (Å²) in [5.41, 5.74) is 1.19. The van der Waals surface area contributed by atoms with Crippen molar-refractivity contribution in [3.05, 3.63) is 17.0 Å². The van der Waals surface area contributed by atoms with Gasteiger partial charge in [0.15, 0.2) is 0 Å². The molecule has 1 amide bonds. The Balaban J connectivity index is 2.66. The van der Waals surface area contributed by atoms with Gasteiger partial charge in [0.05, 0.1) is 5.69 Å². The van der Waals surface area contributed by atoms with E-state index in [2.05, 4.69) is 36.6 Å². The molecular formula is C17H31N3O3. The third-order valence-electron chi connectivity index (χ3n) is 4.12. The summed E-state index contributed by atoms with van der Waals surface area (Å²) in [6.45, 7) is 16.8. The minimum absolute atomic E-state index is 0.271. The number of nitrogens with one attached hydrogen (secondary N) is 2. The Bertz CT molecular complexity index is 512. The summed E-state index contributed by atoms with van der Waals surface area (Å²) in [7, 11) is 0. The van der Waals surface area contributed by atoms with Crippen LogP contribution in [0.4, 0.5) is 4.79 Å². The van der Waals surface area contributed by atoms with Crippen LogP contribution in [0, 0.1) is 19.8 Å². The van der Waals surface area contributed by atoms with Gasteiger partial charge >= 0.3 is 6.09 Å². The summed E-state index contributed by atoms with van der Waals surface area (Å²) in [5.74, 6) is 1.14. The van der Waals surface area contributed by atoms with Crippen molar-refractivity contribution in [1.82, 2.24) is 15.8 Å². The first kappa shape index (κ1) is 19.5. The highest BCUT2D eigenvalue weighted by Crippen LogP contribution is 2.19. The van der Waals surface area contributed by atoms with Crippen molar-refractivity contribution in [2.45, 2.75) is 73.1 Å². The van der Waals surface area contributed by atoms with Crippen LogP contribution in [0.3, 0.4) is 0 Å². The zero-order valence-corrected chi connectivity index (χ0v) is 15.7. The average Bonchev–Trinajstić information content (AvgIpc) is 2.71. The largest absolute Gasteiger partial charge is 0.444 e. The second-order valence-corrected chi connectivity index (χ2v) is 7.58. The van der Waals surface area contributed by atoms with Gasteiger partial charge in [0.2, 0.25) is 0 Å². The van der Waals surface area contributed by atoms with Crippen molar-refractivity contribution in [2.75, 3.05) is 6.54 Å². The van der Waals surface area contributed by atoms with E-state index in [0.717, 1.165) is 17.0 Å². The fourth-order valence-corrected chi connectivity index (χ4v) is 2.09. The van der Waals surface area contributed by atoms with E-state index in [0.29, 0.717) is 19.0 Å². The van der Waals surface area contributed by atoms with Crippen LogP contribution in [0.1, 0.15) is 58.6 Å². The monoisotopic (exact) mass is 325 g/mol. The quantitative estimate of drug-likeness (QED) is 0.839. The summed E-state index contributed by atoms with van der Waals surface area (Å²) in [6.07, 6.45) is -0.400. The van der Waals surface area contributed by atoms with Crippen LogP contribution in [-0.2, 0) is 11.3 Å². The first-order chi connectivity index (χ1) is 10.4. The number of hydrogen-bond acceptors (Lipinski definition) is 5. The number of carbonyl (C=O) groups excluding carboxylic acids is 1. The lowest BCUT2D eigenvalue weighted by Crippen LogP contribution is -2.55. The van der Waals surface area contributed by atoms with Crippen molar-refractivity contribution >= 4 is 6.09 Å². The maximum absolute atomic E-state index is 11.9. The van der Waals surface area contributed by atoms with Gasteiger partial charge in [-0.15, -0.1) is 0 Å². The number of aryl methyl sites for hydroxylation is 2. The van der Waals surface area contributed by atoms with Gasteiger partial charge < -0.3 is 19.9 Å². The van der Waals surface area contributed by atoms with Crippen molar-refractivity contribution in [3.63, 3.8) is 0 Å². The van der Waals surface area contributed by atoms with Crippen LogP contribution in [0.5, 0.6) is 0 Å². The Morgan fingerprint density at radius 2 is 1.87 bits per heavy atom. The van der Waals surface area contributed by atoms with E-state index < -0.39 is 11.7 Å². The molecular weight excluding hydrogens is 294 g/mol. The van der Waals surface area contributed by atoms with Crippen molar-refractivity contribution < 1.29 is 14.1 Å². The van der Waals surface area contributed by atoms with Gasteiger partial charge in [0.1, 0.15) is 11.4 Å². The molecule has 0 aliphatic heterocycles. The molecule has 0 aliphatic rings. The summed E-state index contributed by atoms with van der Waals surface area (Å²) in [6, 6.07) is 0. The molecule has 1 aromatic heterocycles. The van der Waals surface area contributed by atoms with Gasteiger partial charge in [-0.2, -0.15) is 0 Å². The van der Waals surface area contributed by atoms with E-state index in [9.17, 15) is 4.79 Å². The van der Waals surface area contributed by atoms with Gasteiger partial charge in [-0.3, -0.25) is 0 Å². The van der Waals surface area contributed by atoms with Crippen molar-refractivity contribution in [2.24, 2.45) is 5.92 Å². The van der Waals surface area contributed by atoms with Crippen LogP contribution in [0.2, 0.25) is 0 Å². The fourth-order valence-electron chi connectivity index (χ4n) is 2.09. The molecule has 2 N–H and O–H groups in total. The molecule has 6 heteroatoms. The molecule has 0 saturated heterocycles. The van der Waals surface area contributed by atoms with Crippen molar-refractivity contribution in [3.8, 4) is 0 Å². The summed E-state index contributed by atoms with van der Waals surface area (Å²) < 4.78 is 10.5. The predicted molar refractivity (Wildman–Crippen MR) is 90.3 cm³/mol. The second kappa shape index (κ2) is 7.34. The second-order valence-electron chi connectivity index (χ2n) is 7.58. The van der Waals surface area contributed by atoms with Gasteiger partial charge in [0.25, 0.3) is 0 Å². The van der Waals surface area contributed by atoms with Crippen LogP contribution >= 0.6 is 0 Å². The summed E-state index contributed by atoms with van der Waals surface area (Å²) in [5, 5.41) is 10.4. The standard InChI is InChI=1S/C17H31N3O3/c1-11(2)17(8,10-18-15(21)22-16(5,6)7)19-9-14-12(3)20-23-13(14)4/h11,19H,9-10H2,1-8H3,(H,18,21). The first-order valence-electron chi connectivity index (χ1n) is 8.08. The smallest absolute Gasteiger partial charge is 0.407 e. The third kappa shape index (κ3) is 5.86. The van der Waals surface area contributed by atoms with Gasteiger partial charge in [-0.25, -0.2) is 4.79 Å². The Kier molecular flexibility index (Phi) is 6.22. The third-order valence-corrected chi connectivity index (χ3v) is 4.12. The zero-order valence-electron chi connectivity index (χ0n) is 15.7. The minimum Gasteiger partial charge on any atom is -0.444 e. The van der Waals surface area contributed by atoms with E-state index in [1.54, 1.807) is 0 Å². The first-order valence-corrected chi connectivity index (χ1v) is 8.08. The molecule has 0 saturated carbocycles. The van der Waals surface area contributed by atoms with Gasteiger partial charge in [0, 0.05) is 24.2 Å². The zero-order chi connectivity index (χ0) is 17.8. The highest BCUT2D eigenvalue weighted by molar-refractivity contribution is 5.67. The number of amides is 1. The Morgan fingerprint density at radius 3 is 2.30 bits per heavy atom. The highest BCUT2D eigenvalue weighted by atomic mass is 16.6. The number of ether oxygens (including phenoxy) is 1. The van der Waals surface area contributed by atoms with E-state index in [1.165, 1.54) is 0 Å². The van der Waals surface area contributed by atoms with E-state index in [-0.39, 0.29) is 5.54 Å². The fraction of sp³-hybridized carbons (Fsp3) is 0.765. The molecule has 1 atom stereocenters. The van der Waals surface area contributed by atoms with Crippen LogP contribution in [-0.4, -0.2) is 28.9 Å². The number of alkyl carbamates (subject to hydrolysis) is 1. The molecule has 0 fully saturated rings. The summed E-state index contributed by atoms with van der Waals surface area (Å²) >= 11 is 0. The minimum atomic E-state index is -0.498. The molecule has 132 valence electrons. The topological polar surface area (TPSA) is 76.4 Å². The molecule has 0 radical (unpaired) electrons. The number of rotatable bonds is 6. The molecule has 1 heterocycles. The van der Waals surface area contributed by atoms with Crippen LogP contribution < -0.4 is 10.6 Å². The molecule has 0 aliphatic carbocycles. The lowest BCUT2D eigenvalue weighted by Gasteiger charge is -2.35. The maximum atomic E-state index is 11.9. The molecule has 0 spiro atoms. The van der Waals surface area contributed by atoms with E-state index >= 15 is 0 Å². The van der Waals surface area contributed by atoms with Crippen LogP contribution in [0.25, 0.3) is 0 Å². The van der Waals surface area contributed by atoms with E-state index in [4.69, 9.17) is 9.26 Å². The molecule has 6 nitrogen and oxygen atoms in total. The maximum Gasteiger partial charge on any atom is 0.407 e. The molecule has 23 heavy (non-hydrogen) atoms. The Hall–Kier alpha value is -1.56. The van der Waals surface area contributed by atoms with Gasteiger partial charge in [-0.1, -0.05) is 19.0 Å². The molecule has 1 rings (SSSR count). The SMILES string of the molecule is Cc1noc(C)c1CNC(C)(CNC(=O)OC(C)(C)C)C(C)C. The van der Waals surface area contributed by atoms with E-state index in [1.807, 2.05) is 34.6 Å². The van der Waals surface area contributed by atoms with Gasteiger partial charge in [-0.05, 0) is 47.5 Å². The molecule has 0 aromatic carbocycles. The predicted octanol–water partition coefficient (Wildman–Crippen LogP) is 3.32. The summed E-state index contributed by atoms with van der Waals surface area (Å²) in [4.78, 5) is 11.9. The average molecular weight is 325 g/mol. The number of hydrogen-bond donors (Lipinski definition) is 2. The van der Waals surface area contributed by atoms with Crippen LogP contribution in [0.15, 0.2) is 4.52 Å². The lowest BCUT2D eigenvalue weighted by molar-refractivity contribution is 0.0503. The molecule has 1 aromatic rings. The molecule has 1 unspecified atom stereocenters.